The van der Waals surface area contributed by atoms with E-state index in [0.29, 0.717) is 11.4 Å². The summed E-state index contributed by atoms with van der Waals surface area (Å²) in [5, 5.41) is 3.74. The summed E-state index contributed by atoms with van der Waals surface area (Å²) < 4.78 is 5.57. The van der Waals surface area contributed by atoms with Crippen molar-refractivity contribution in [1.82, 2.24) is 15.3 Å². The van der Waals surface area contributed by atoms with Crippen LogP contribution in [0.2, 0.25) is 0 Å². The molecule has 24 heavy (non-hydrogen) atoms. The minimum atomic E-state index is -0.244. The first-order valence-corrected chi connectivity index (χ1v) is 7.45. The third-order valence-electron chi connectivity index (χ3n) is 3.25. The van der Waals surface area contributed by atoms with Gasteiger partial charge in [0, 0.05) is 23.8 Å². The number of aromatic nitrogens is 2. The van der Waals surface area contributed by atoms with Crippen LogP contribution >= 0.6 is 0 Å². The Hall–Kier alpha value is -3.39. The van der Waals surface area contributed by atoms with Crippen LogP contribution < -0.4 is 10.1 Å². The zero-order chi connectivity index (χ0) is 16.6. The summed E-state index contributed by atoms with van der Waals surface area (Å²) in [6, 6.07) is 14.8. The van der Waals surface area contributed by atoms with Crippen molar-refractivity contribution in [2.24, 2.45) is 0 Å². The van der Waals surface area contributed by atoms with E-state index in [1.54, 1.807) is 30.6 Å². The number of carbonyl (C=O) groups excluding carboxylic acids is 1. The summed E-state index contributed by atoms with van der Waals surface area (Å²) in [5.74, 6) is 6.18. The number of nitrogens with zero attached hydrogens (tertiary/aromatic N) is 2. The molecule has 3 aromatic rings. The van der Waals surface area contributed by atoms with Crippen molar-refractivity contribution in [3.05, 3.63) is 66.6 Å². The molecule has 2 heterocycles. The van der Waals surface area contributed by atoms with Crippen LogP contribution in [-0.4, -0.2) is 29.0 Å². The molecule has 1 N–H and O–H groups in total. The number of fused-ring (bicyclic) bond motifs is 1. The Kier molecular flexibility index (Phi) is 5.00. The van der Waals surface area contributed by atoms with E-state index in [1.165, 1.54) is 0 Å². The van der Waals surface area contributed by atoms with Crippen molar-refractivity contribution >= 4 is 16.8 Å². The van der Waals surface area contributed by atoms with E-state index in [9.17, 15) is 4.79 Å². The Labute approximate surface area is 139 Å². The summed E-state index contributed by atoms with van der Waals surface area (Å²) in [7, 11) is 0. The van der Waals surface area contributed by atoms with Crippen molar-refractivity contribution in [3.63, 3.8) is 0 Å². The predicted molar refractivity (Wildman–Crippen MR) is 91.6 cm³/mol. The van der Waals surface area contributed by atoms with E-state index in [0.717, 1.165) is 10.9 Å². The van der Waals surface area contributed by atoms with Crippen LogP contribution in [0.25, 0.3) is 10.9 Å². The Bertz CT molecular complexity index is 898. The molecule has 5 heteroatoms. The summed E-state index contributed by atoms with van der Waals surface area (Å²) >= 11 is 0. The molecule has 0 spiro atoms. The molecule has 0 atom stereocenters. The van der Waals surface area contributed by atoms with Crippen molar-refractivity contribution in [3.8, 4) is 17.6 Å². The van der Waals surface area contributed by atoms with Gasteiger partial charge >= 0.3 is 0 Å². The van der Waals surface area contributed by atoms with Crippen molar-refractivity contribution in [1.29, 1.82) is 0 Å². The molecule has 0 aliphatic carbocycles. The number of benzene rings is 1. The zero-order valence-corrected chi connectivity index (χ0v) is 12.9. The van der Waals surface area contributed by atoms with Gasteiger partial charge in [-0.15, -0.1) is 0 Å². The zero-order valence-electron chi connectivity index (χ0n) is 12.9. The molecule has 5 nitrogen and oxygen atoms in total. The fourth-order valence-corrected chi connectivity index (χ4v) is 2.08. The highest BCUT2D eigenvalue weighted by Gasteiger charge is 2.03. The maximum atomic E-state index is 11.7. The highest BCUT2D eigenvalue weighted by atomic mass is 16.5. The number of nitrogens with one attached hydrogen (secondary N) is 1. The Morgan fingerprint density at radius 3 is 2.83 bits per heavy atom. The lowest BCUT2D eigenvalue weighted by atomic mass is 10.2. The molecule has 0 aliphatic heterocycles. The van der Waals surface area contributed by atoms with Gasteiger partial charge < -0.3 is 10.1 Å². The van der Waals surface area contributed by atoms with Gasteiger partial charge in [-0.05, 0) is 30.3 Å². The third-order valence-corrected chi connectivity index (χ3v) is 3.25. The molecule has 0 radical (unpaired) electrons. The SMILES string of the molecule is O=C(NCC#CCOc1ccc2cccnc2c1)c1ccccn1. The Balaban J connectivity index is 1.46. The molecule has 1 aromatic carbocycles. The van der Waals surface area contributed by atoms with E-state index < -0.39 is 0 Å². The van der Waals surface area contributed by atoms with Gasteiger partial charge in [-0.2, -0.15) is 0 Å². The first-order chi connectivity index (χ1) is 11.8. The molecule has 0 bridgehead atoms. The lowest BCUT2D eigenvalue weighted by Crippen LogP contribution is -2.24. The average molecular weight is 317 g/mol. The lowest BCUT2D eigenvalue weighted by Gasteiger charge is -2.03. The van der Waals surface area contributed by atoms with Gasteiger partial charge in [-0.1, -0.05) is 24.0 Å². The van der Waals surface area contributed by atoms with E-state index in [1.807, 2.05) is 30.3 Å². The standard InChI is InChI=1S/C19H15N3O2/c23-19(17-7-1-2-10-20-17)22-11-3-4-13-24-16-9-8-15-6-5-12-21-18(15)14-16/h1-2,5-10,12,14H,11,13H2,(H,22,23). The summed E-state index contributed by atoms with van der Waals surface area (Å²) in [6.45, 7) is 0.496. The van der Waals surface area contributed by atoms with Crippen LogP contribution in [-0.2, 0) is 0 Å². The highest BCUT2D eigenvalue weighted by molar-refractivity contribution is 5.92. The minimum Gasteiger partial charge on any atom is -0.481 e. The van der Waals surface area contributed by atoms with E-state index in [-0.39, 0.29) is 19.1 Å². The van der Waals surface area contributed by atoms with Crippen molar-refractivity contribution in [2.45, 2.75) is 0 Å². The fraction of sp³-hybridized carbons (Fsp3) is 0.105. The Morgan fingerprint density at radius 2 is 1.96 bits per heavy atom. The van der Waals surface area contributed by atoms with Gasteiger partial charge in [-0.25, -0.2) is 0 Å². The third kappa shape index (κ3) is 4.08. The van der Waals surface area contributed by atoms with Gasteiger partial charge in [-0.3, -0.25) is 14.8 Å². The monoisotopic (exact) mass is 317 g/mol. The summed E-state index contributed by atoms with van der Waals surface area (Å²) in [5.41, 5.74) is 1.25. The van der Waals surface area contributed by atoms with Crippen molar-refractivity contribution < 1.29 is 9.53 Å². The topological polar surface area (TPSA) is 64.1 Å². The number of ether oxygens (including phenoxy) is 1. The van der Waals surface area contributed by atoms with E-state index in [2.05, 4.69) is 27.1 Å². The largest absolute Gasteiger partial charge is 0.481 e. The normalized spacial score (nSPS) is 9.83. The van der Waals surface area contributed by atoms with Gasteiger partial charge in [0.1, 0.15) is 18.1 Å². The van der Waals surface area contributed by atoms with Gasteiger partial charge in [0.25, 0.3) is 5.91 Å². The predicted octanol–water partition coefficient (Wildman–Crippen LogP) is 2.44. The molecule has 118 valence electrons. The quantitative estimate of drug-likeness (QED) is 0.751. The van der Waals surface area contributed by atoms with Crippen LogP contribution in [0.15, 0.2) is 60.9 Å². The number of amides is 1. The van der Waals surface area contributed by atoms with E-state index >= 15 is 0 Å². The van der Waals surface area contributed by atoms with Crippen LogP contribution in [0, 0.1) is 11.8 Å². The van der Waals surface area contributed by atoms with Crippen LogP contribution in [0.4, 0.5) is 0 Å². The van der Waals surface area contributed by atoms with Crippen LogP contribution in [0.3, 0.4) is 0 Å². The molecule has 0 aliphatic rings. The average Bonchev–Trinajstić information content (AvgIpc) is 2.65. The van der Waals surface area contributed by atoms with E-state index in [4.69, 9.17) is 4.74 Å². The number of carbonyl (C=O) groups is 1. The highest BCUT2D eigenvalue weighted by Crippen LogP contribution is 2.18. The molecule has 0 fully saturated rings. The van der Waals surface area contributed by atoms with Crippen LogP contribution in [0.1, 0.15) is 10.5 Å². The lowest BCUT2D eigenvalue weighted by molar-refractivity contribution is 0.0953. The number of hydrogen-bond acceptors (Lipinski definition) is 4. The molecule has 0 unspecified atom stereocenters. The molecule has 1 amide bonds. The Morgan fingerprint density at radius 1 is 1.04 bits per heavy atom. The first kappa shape index (κ1) is 15.5. The number of hydrogen-bond donors (Lipinski definition) is 1. The molecule has 3 rings (SSSR count). The van der Waals surface area contributed by atoms with Gasteiger partial charge in [0.2, 0.25) is 0 Å². The smallest absolute Gasteiger partial charge is 0.270 e. The van der Waals surface area contributed by atoms with Crippen LogP contribution in [0.5, 0.6) is 5.75 Å². The summed E-state index contributed by atoms with van der Waals surface area (Å²) in [4.78, 5) is 20.0. The van der Waals surface area contributed by atoms with Crippen molar-refractivity contribution in [2.75, 3.05) is 13.2 Å². The second kappa shape index (κ2) is 7.75. The molecular formula is C19H15N3O2. The number of pyridine rings is 2. The maximum Gasteiger partial charge on any atom is 0.270 e. The minimum absolute atomic E-state index is 0.244. The molecule has 2 aromatic heterocycles. The van der Waals surface area contributed by atoms with Gasteiger partial charge in [0.05, 0.1) is 12.1 Å². The molecule has 0 saturated carbocycles. The first-order valence-electron chi connectivity index (χ1n) is 7.45. The second-order valence-corrected chi connectivity index (χ2v) is 4.90. The molecule has 0 saturated heterocycles. The van der Waals surface area contributed by atoms with Gasteiger partial charge in [0.15, 0.2) is 0 Å². The number of rotatable bonds is 4. The summed E-state index contributed by atoms with van der Waals surface area (Å²) in [6.07, 6.45) is 3.32. The second-order valence-electron chi connectivity index (χ2n) is 4.90. The maximum absolute atomic E-state index is 11.7. The fourth-order valence-electron chi connectivity index (χ4n) is 2.08. The molecular weight excluding hydrogens is 302 g/mol.